The molecule has 0 aliphatic carbocycles. The lowest BCUT2D eigenvalue weighted by atomic mass is 10.0. The Labute approximate surface area is 411 Å². The standard InChI is InChI=1S/C60H112O6/c1-4-7-10-13-16-19-22-25-28-30-32-35-38-41-44-47-50-53-59(62)65-56-57(55-64-58(61)52-49-46-43-40-37-34-27-24-21-18-15-12-9-6-3)66-60(63)54-51-48-45-42-39-36-33-31-29-26-23-20-17-14-11-8-5-2/h16,19,25,28,57H,4-15,17-18,20-24,26-27,29-56H2,1-3H3/b19-16-,28-25-/t57-/m1/s1. The first kappa shape index (κ1) is 63.9. The summed E-state index contributed by atoms with van der Waals surface area (Å²) < 4.78 is 16.9. The van der Waals surface area contributed by atoms with E-state index in [0.717, 1.165) is 70.6 Å². The Balaban J connectivity index is 4.33. The third-order valence-corrected chi connectivity index (χ3v) is 13.2. The summed E-state index contributed by atoms with van der Waals surface area (Å²) in [6, 6.07) is 0. The molecule has 6 nitrogen and oxygen atoms in total. The van der Waals surface area contributed by atoms with Crippen LogP contribution in [0.4, 0.5) is 0 Å². The lowest BCUT2D eigenvalue weighted by molar-refractivity contribution is -0.167. The van der Waals surface area contributed by atoms with Crippen LogP contribution in [0.2, 0.25) is 0 Å². The van der Waals surface area contributed by atoms with Crippen LogP contribution in [0, 0.1) is 0 Å². The molecule has 1 atom stereocenters. The fourth-order valence-corrected chi connectivity index (χ4v) is 8.77. The summed E-state index contributed by atoms with van der Waals surface area (Å²) in [4.78, 5) is 38.2. The van der Waals surface area contributed by atoms with E-state index < -0.39 is 6.10 Å². The number of hydrogen-bond donors (Lipinski definition) is 0. The Morgan fingerprint density at radius 1 is 0.303 bits per heavy atom. The summed E-state index contributed by atoms with van der Waals surface area (Å²) in [5.41, 5.74) is 0. The molecular weight excluding hydrogens is 817 g/mol. The summed E-state index contributed by atoms with van der Waals surface area (Å²) in [7, 11) is 0. The molecule has 0 aromatic heterocycles. The molecule has 0 radical (unpaired) electrons. The Bertz CT molecular complexity index is 1070. The highest BCUT2D eigenvalue weighted by atomic mass is 16.6. The van der Waals surface area contributed by atoms with Gasteiger partial charge in [-0.15, -0.1) is 0 Å². The smallest absolute Gasteiger partial charge is 0.306 e. The largest absolute Gasteiger partial charge is 0.462 e. The number of carbonyl (C=O) groups excluding carboxylic acids is 3. The summed E-state index contributed by atoms with van der Waals surface area (Å²) in [6.45, 7) is 6.66. The number of allylic oxidation sites excluding steroid dienone is 4. The van der Waals surface area contributed by atoms with Crippen LogP contribution in [0.5, 0.6) is 0 Å². The van der Waals surface area contributed by atoms with Gasteiger partial charge >= 0.3 is 17.9 Å². The molecule has 388 valence electrons. The lowest BCUT2D eigenvalue weighted by Crippen LogP contribution is -2.30. The molecule has 0 fully saturated rings. The van der Waals surface area contributed by atoms with Gasteiger partial charge in [-0.05, 0) is 51.4 Å². The second kappa shape index (κ2) is 55.5. The van der Waals surface area contributed by atoms with Crippen molar-refractivity contribution in [2.75, 3.05) is 13.2 Å². The van der Waals surface area contributed by atoms with Gasteiger partial charge in [0, 0.05) is 19.3 Å². The van der Waals surface area contributed by atoms with Gasteiger partial charge in [-0.3, -0.25) is 14.4 Å². The van der Waals surface area contributed by atoms with Crippen molar-refractivity contribution in [1.29, 1.82) is 0 Å². The molecule has 0 unspecified atom stereocenters. The predicted molar refractivity (Wildman–Crippen MR) is 284 cm³/mol. The molecule has 0 spiro atoms. The quantitative estimate of drug-likeness (QED) is 0.0262. The fraction of sp³-hybridized carbons (Fsp3) is 0.883. The maximum Gasteiger partial charge on any atom is 0.306 e. The minimum atomic E-state index is -0.769. The third-order valence-electron chi connectivity index (χ3n) is 13.2. The molecule has 0 heterocycles. The van der Waals surface area contributed by atoms with E-state index >= 15 is 0 Å². The van der Waals surface area contributed by atoms with Crippen molar-refractivity contribution in [3.63, 3.8) is 0 Å². The van der Waals surface area contributed by atoms with Gasteiger partial charge in [0.2, 0.25) is 0 Å². The van der Waals surface area contributed by atoms with Crippen LogP contribution in [0.3, 0.4) is 0 Å². The number of rotatable bonds is 54. The number of hydrogen-bond acceptors (Lipinski definition) is 6. The van der Waals surface area contributed by atoms with Gasteiger partial charge in [0.05, 0.1) is 0 Å². The summed E-state index contributed by atoms with van der Waals surface area (Å²) in [5.74, 6) is -0.853. The average Bonchev–Trinajstić information content (AvgIpc) is 3.31. The summed E-state index contributed by atoms with van der Waals surface area (Å²) in [6.07, 6.45) is 64.5. The maximum absolute atomic E-state index is 12.9. The SMILES string of the molecule is CCCCC/C=C\C/C=C\CCCCCCCCCC(=O)OC[C@@H](COC(=O)CCCCCCCCCCCCCCCC)OC(=O)CCCCCCCCCCCCCCCCCCC. The first-order chi connectivity index (χ1) is 32.5. The minimum absolute atomic E-state index is 0.0680. The van der Waals surface area contributed by atoms with E-state index in [1.54, 1.807) is 0 Å². The molecule has 0 bridgehead atoms. The van der Waals surface area contributed by atoms with E-state index in [2.05, 4.69) is 45.1 Å². The zero-order chi connectivity index (χ0) is 47.9. The number of esters is 3. The predicted octanol–water partition coefficient (Wildman–Crippen LogP) is 19.5. The van der Waals surface area contributed by atoms with Crippen LogP contribution in [-0.2, 0) is 28.6 Å². The van der Waals surface area contributed by atoms with Crippen LogP contribution < -0.4 is 0 Å². The van der Waals surface area contributed by atoms with Crippen molar-refractivity contribution in [3.8, 4) is 0 Å². The van der Waals surface area contributed by atoms with Crippen molar-refractivity contribution in [2.45, 2.75) is 329 Å². The molecular formula is C60H112O6. The zero-order valence-electron chi connectivity index (χ0n) is 44.5. The van der Waals surface area contributed by atoms with Gasteiger partial charge in [0.15, 0.2) is 6.10 Å². The van der Waals surface area contributed by atoms with E-state index in [9.17, 15) is 14.4 Å². The van der Waals surface area contributed by atoms with Gasteiger partial charge in [-0.1, -0.05) is 276 Å². The second-order valence-corrected chi connectivity index (χ2v) is 19.9. The van der Waals surface area contributed by atoms with Gasteiger partial charge in [-0.2, -0.15) is 0 Å². The highest BCUT2D eigenvalue weighted by Gasteiger charge is 2.19. The molecule has 0 rings (SSSR count). The molecule has 0 aliphatic heterocycles. The zero-order valence-corrected chi connectivity index (χ0v) is 44.5. The van der Waals surface area contributed by atoms with Crippen molar-refractivity contribution in [1.82, 2.24) is 0 Å². The van der Waals surface area contributed by atoms with Crippen molar-refractivity contribution >= 4 is 17.9 Å². The van der Waals surface area contributed by atoms with Gasteiger partial charge < -0.3 is 14.2 Å². The van der Waals surface area contributed by atoms with Gasteiger partial charge in [0.1, 0.15) is 13.2 Å². The molecule has 0 aromatic rings. The lowest BCUT2D eigenvalue weighted by Gasteiger charge is -2.18. The maximum atomic E-state index is 12.9. The fourth-order valence-electron chi connectivity index (χ4n) is 8.77. The van der Waals surface area contributed by atoms with E-state index in [1.165, 1.54) is 212 Å². The summed E-state index contributed by atoms with van der Waals surface area (Å²) in [5, 5.41) is 0. The minimum Gasteiger partial charge on any atom is -0.462 e. The second-order valence-electron chi connectivity index (χ2n) is 19.9. The highest BCUT2D eigenvalue weighted by Crippen LogP contribution is 2.17. The molecule has 0 aliphatic rings. The van der Waals surface area contributed by atoms with Gasteiger partial charge in [-0.25, -0.2) is 0 Å². The van der Waals surface area contributed by atoms with Crippen LogP contribution in [0.15, 0.2) is 24.3 Å². The van der Waals surface area contributed by atoms with E-state index in [-0.39, 0.29) is 31.1 Å². The van der Waals surface area contributed by atoms with Crippen LogP contribution >= 0.6 is 0 Å². The summed E-state index contributed by atoms with van der Waals surface area (Å²) >= 11 is 0. The normalized spacial score (nSPS) is 12.1. The van der Waals surface area contributed by atoms with Crippen LogP contribution in [0.1, 0.15) is 323 Å². The van der Waals surface area contributed by atoms with Crippen molar-refractivity contribution < 1.29 is 28.6 Å². The van der Waals surface area contributed by atoms with E-state index in [0.29, 0.717) is 19.3 Å². The molecule has 0 N–H and O–H groups in total. The molecule has 0 aromatic carbocycles. The monoisotopic (exact) mass is 929 g/mol. The Hall–Kier alpha value is -2.11. The topological polar surface area (TPSA) is 78.9 Å². The average molecular weight is 930 g/mol. The third kappa shape index (κ3) is 52.9. The molecule has 66 heavy (non-hydrogen) atoms. The molecule has 0 saturated carbocycles. The Morgan fingerprint density at radius 3 is 0.864 bits per heavy atom. The van der Waals surface area contributed by atoms with Crippen LogP contribution in [-0.4, -0.2) is 37.2 Å². The highest BCUT2D eigenvalue weighted by molar-refractivity contribution is 5.71. The molecule has 6 heteroatoms. The van der Waals surface area contributed by atoms with Crippen LogP contribution in [0.25, 0.3) is 0 Å². The molecule has 0 saturated heterocycles. The van der Waals surface area contributed by atoms with Crippen molar-refractivity contribution in [3.05, 3.63) is 24.3 Å². The first-order valence-electron chi connectivity index (χ1n) is 29.3. The van der Waals surface area contributed by atoms with E-state index in [4.69, 9.17) is 14.2 Å². The van der Waals surface area contributed by atoms with Gasteiger partial charge in [0.25, 0.3) is 0 Å². The van der Waals surface area contributed by atoms with E-state index in [1.807, 2.05) is 0 Å². The number of carbonyl (C=O) groups is 3. The number of unbranched alkanes of at least 4 members (excludes halogenated alkanes) is 39. The molecule has 0 amide bonds. The first-order valence-corrected chi connectivity index (χ1v) is 29.3. The van der Waals surface area contributed by atoms with Crippen molar-refractivity contribution in [2.24, 2.45) is 0 Å². The number of ether oxygens (including phenoxy) is 3. The Kier molecular flexibility index (Phi) is 53.7. The Morgan fingerprint density at radius 2 is 0.545 bits per heavy atom.